The number of carbonyl (C=O) groups excluding carboxylic acids is 1. The largest absolute Gasteiger partial charge is 0.384 e. The fourth-order valence-electron chi connectivity index (χ4n) is 1.39. The van der Waals surface area contributed by atoms with E-state index in [4.69, 9.17) is 0 Å². The van der Waals surface area contributed by atoms with Gasteiger partial charge in [0.1, 0.15) is 11.4 Å². The van der Waals surface area contributed by atoms with E-state index < -0.39 is 11.6 Å². The summed E-state index contributed by atoms with van der Waals surface area (Å²) >= 11 is 0. The van der Waals surface area contributed by atoms with Gasteiger partial charge in [0, 0.05) is 6.54 Å². The molecule has 18 heavy (non-hydrogen) atoms. The third-order valence-electron chi connectivity index (χ3n) is 2.47. The van der Waals surface area contributed by atoms with Crippen molar-refractivity contribution < 1.29 is 14.3 Å². The van der Waals surface area contributed by atoms with E-state index in [1.54, 1.807) is 13.0 Å². The van der Waals surface area contributed by atoms with Gasteiger partial charge in [-0.2, -0.15) is 0 Å². The standard InChI is InChI=1S/C13H17FN2O2/c1-3-8-15-12(17)16-9-13(2,18)10-4-6-11(14)7-5-10/h3-7,18H,1,8-9H2,2H3,(H2,15,16,17). The fraction of sp³-hybridized carbons (Fsp3) is 0.308. The van der Waals surface area contributed by atoms with Crippen molar-refractivity contribution in [1.29, 1.82) is 0 Å². The maximum Gasteiger partial charge on any atom is 0.315 e. The van der Waals surface area contributed by atoms with Gasteiger partial charge in [-0.05, 0) is 24.6 Å². The zero-order chi connectivity index (χ0) is 13.6. The maximum absolute atomic E-state index is 12.8. The highest BCUT2D eigenvalue weighted by Crippen LogP contribution is 2.19. The zero-order valence-electron chi connectivity index (χ0n) is 10.2. The normalized spacial score (nSPS) is 13.5. The highest BCUT2D eigenvalue weighted by atomic mass is 19.1. The third kappa shape index (κ3) is 4.18. The molecular weight excluding hydrogens is 235 g/mol. The van der Waals surface area contributed by atoms with Crippen LogP contribution in [0.4, 0.5) is 9.18 Å². The van der Waals surface area contributed by atoms with Crippen LogP contribution in [0.25, 0.3) is 0 Å². The molecule has 2 amide bonds. The molecule has 0 radical (unpaired) electrons. The summed E-state index contributed by atoms with van der Waals surface area (Å²) in [5.41, 5.74) is -0.716. The Kier molecular flexibility index (Phi) is 4.85. The monoisotopic (exact) mass is 252 g/mol. The second-order valence-corrected chi connectivity index (χ2v) is 4.13. The van der Waals surface area contributed by atoms with Gasteiger partial charge in [-0.3, -0.25) is 0 Å². The first-order chi connectivity index (χ1) is 8.45. The number of hydrogen-bond donors (Lipinski definition) is 3. The minimum absolute atomic E-state index is 0.0294. The summed E-state index contributed by atoms with van der Waals surface area (Å²) in [6.07, 6.45) is 1.55. The Morgan fingerprint density at radius 2 is 2.06 bits per heavy atom. The number of hydrogen-bond acceptors (Lipinski definition) is 2. The van der Waals surface area contributed by atoms with Crippen molar-refractivity contribution in [3.63, 3.8) is 0 Å². The van der Waals surface area contributed by atoms with Crippen LogP contribution in [0.5, 0.6) is 0 Å². The van der Waals surface area contributed by atoms with Gasteiger partial charge < -0.3 is 15.7 Å². The zero-order valence-corrected chi connectivity index (χ0v) is 10.2. The number of carbonyl (C=O) groups is 1. The molecule has 4 nitrogen and oxygen atoms in total. The van der Waals surface area contributed by atoms with E-state index in [0.717, 1.165) is 0 Å². The summed E-state index contributed by atoms with van der Waals surface area (Å²) in [7, 11) is 0. The van der Waals surface area contributed by atoms with Crippen molar-refractivity contribution in [3.05, 3.63) is 48.3 Å². The van der Waals surface area contributed by atoms with Gasteiger partial charge in [0.05, 0.1) is 6.54 Å². The van der Waals surface area contributed by atoms with Crippen molar-refractivity contribution in [2.24, 2.45) is 0 Å². The van der Waals surface area contributed by atoms with Crippen LogP contribution in [0, 0.1) is 5.82 Å². The summed E-state index contributed by atoms with van der Waals surface area (Å²) in [5.74, 6) is -0.369. The van der Waals surface area contributed by atoms with Crippen LogP contribution < -0.4 is 10.6 Å². The summed E-state index contributed by atoms with van der Waals surface area (Å²) in [5, 5.41) is 15.2. The summed E-state index contributed by atoms with van der Waals surface area (Å²) in [6, 6.07) is 5.11. The Morgan fingerprint density at radius 3 is 2.61 bits per heavy atom. The Bertz CT molecular complexity index is 416. The van der Waals surface area contributed by atoms with E-state index >= 15 is 0 Å². The third-order valence-corrected chi connectivity index (χ3v) is 2.47. The van der Waals surface area contributed by atoms with Crippen molar-refractivity contribution in [2.75, 3.05) is 13.1 Å². The molecule has 0 aliphatic rings. The van der Waals surface area contributed by atoms with Crippen LogP contribution in [-0.4, -0.2) is 24.2 Å². The van der Waals surface area contributed by atoms with Gasteiger partial charge in [0.25, 0.3) is 0 Å². The molecule has 0 saturated heterocycles. The molecule has 1 atom stereocenters. The molecule has 1 aromatic rings. The molecule has 0 aromatic heterocycles. The lowest BCUT2D eigenvalue weighted by atomic mass is 9.96. The van der Waals surface area contributed by atoms with Crippen LogP contribution in [0.1, 0.15) is 12.5 Å². The maximum atomic E-state index is 12.8. The fourth-order valence-corrected chi connectivity index (χ4v) is 1.39. The minimum Gasteiger partial charge on any atom is -0.384 e. The molecule has 0 aliphatic carbocycles. The first-order valence-corrected chi connectivity index (χ1v) is 5.57. The molecule has 0 spiro atoms. The topological polar surface area (TPSA) is 61.4 Å². The molecule has 1 rings (SSSR count). The quantitative estimate of drug-likeness (QED) is 0.696. The van der Waals surface area contributed by atoms with Crippen LogP contribution in [0.2, 0.25) is 0 Å². The van der Waals surface area contributed by atoms with E-state index in [2.05, 4.69) is 17.2 Å². The molecule has 5 heteroatoms. The lowest BCUT2D eigenvalue weighted by molar-refractivity contribution is 0.0593. The van der Waals surface area contributed by atoms with Crippen molar-refractivity contribution in [2.45, 2.75) is 12.5 Å². The van der Waals surface area contributed by atoms with Gasteiger partial charge in [0.2, 0.25) is 0 Å². The minimum atomic E-state index is -1.25. The summed E-state index contributed by atoms with van der Waals surface area (Å²) in [4.78, 5) is 11.3. The predicted octanol–water partition coefficient (Wildman–Crippen LogP) is 1.52. The Balaban J connectivity index is 2.56. The molecule has 1 unspecified atom stereocenters. The van der Waals surface area contributed by atoms with Crippen LogP contribution in [-0.2, 0) is 5.60 Å². The molecule has 3 N–H and O–H groups in total. The molecule has 0 fully saturated rings. The number of urea groups is 1. The number of rotatable bonds is 5. The summed E-state index contributed by atoms with van der Waals surface area (Å²) < 4.78 is 12.8. The Hall–Kier alpha value is -1.88. The number of benzene rings is 1. The molecule has 0 heterocycles. The van der Waals surface area contributed by atoms with Gasteiger partial charge >= 0.3 is 6.03 Å². The molecule has 98 valence electrons. The van der Waals surface area contributed by atoms with E-state index in [9.17, 15) is 14.3 Å². The average molecular weight is 252 g/mol. The molecule has 0 aliphatic heterocycles. The van der Waals surface area contributed by atoms with Gasteiger partial charge in [0.15, 0.2) is 0 Å². The van der Waals surface area contributed by atoms with Crippen LogP contribution >= 0.6 is 0 Å². The Labute approximate surface area is 106 Å². The highest BCUT2D eigenvalue weighted by molar-refractivity contribution is 5.74. The van der Waals surface area contributed by atoms with Crippen molar-refractivity contribution in [1.82, 2.24) is 10.6 Å². The highest BCUT2D eigenvalue weighted by Gasteiger charge is 2.23. The van der Waals surface area contributed by atoms with Crippen LogP contribution in [0.15, 0.2) is 36.9 Å². The number of aliphatic hydroxyl groups is 1. The van der Waals surface area contributed by atoms with E-state index in [1.165, 1.54) is 24.3 Å². The van der Waals surface area contributed by atoms with Crippen LogP contribution in [0.3, 0.4) is 0 Å². The lowest BCUT2D eigenvalue weighted by Crippen LogP contribution is -2.43. The lowest BCUT2D eigenvalue weighted by Gasteiger charge is -2.24. The van der Waals surface area contributed by atoms with Gasteiger partial charge in [-0.1, -0.05) is 18.2 Å². The predicted molar refractivity (Wildman–Crippen MR) is 67.6 cm³/mol. The number of amides is 2. The van der Waals surface area contributed by atoms with Gasteiger partial charge in [-0.15, -0.1) is 6.58 Å². The second-order valence-electron chi connectivity index (χ2n) is 4.13. The summed E-state index contributed by atoms with van der Waals surface area (Å²) in [6.45, 7) is 5.40. The van der Waals surface area contributed by atoms with Gasteiger partial charge in [-0.25, -0.2) is 9.18 Å². The average Bonchev–Trinajstić information content (AvgIpc) is 2.34. The second kappa shape index (κ2) is 6.16. The van der Waals surface area contributed by atoms with E-state index in [0.29, 0.717) is 12.1 Å². The smallest absolute Gasteiger partial charge is 0.315 e. The van der Waals surface area contributed by atoms with Crippen molar-refractivity contribution >= 4 is 6.03 Å². The molecule has 0 saturated carbocycles. The Morgan fingerprint density at radius 1 is 1.44 bits per heavy atom. The molecule has 1 aromatic carbocycles. The SMILES string of the molecule is C=CCNC(=O)NCC(C)(O)c1ccc(F)cc1. The number of halogens is 1. The number of nitrogens with one attached hydrogen (secondary N) is 2. The van der Waals surface area contributed by atoms with Crippen molar-refractivity contribution in [3.8, 4) is 0 Å². The van der Waals surface area contributed by atoms with E-state index in [-0.39, 0.29) is 12.4 Å². The first-order valence-electron chi connectivity index (χ1n) is 5.57. The molecule has 0 bridgehead atoms. The van der Waals surface area contributed by atoms with E-state index in [1.807, 2.05) is 0 Å². The molecular formula is C13H17FN2O2. The first kappa shape index (κ1) is 14.2.